The maximum absolute atomic E-state index is 11.8. The van der Waals surface area contributed by atoms with Crippen molar-refractivity contribution >= 4 is 52.5 Å². The van der Waals surface area contributed by atoms with E-state index < -0.39 is 17.4 Å². The third-order valence-electron chi connectivity index (χ3n) is 3.19. The Kier molecular flexibility index (Phi) is 6.13. The van der Waals surface area contributed by atoms with Crippen molar-refractivity contribution in [3.8, 4) is 0 Å². The van der Waals surface area contributed by atoms with Crippen LogP contribution in [0, 0.1) is 5.41 Å². The molecule has 0 fully saturated rings. The number of benzene rings is 1. The molecule has 1 rings (SSSR count). The third-order valence-corrected chi connectivity index (χ3v) is 4.23. The Morgan fingerprint density at radius 2 is 1.76 bits per heavy atom. The highest BCUT2D eigenvalue weighted by Gasteiger charge is 2.31. The number of carboxylic acids is 1. The van der Waals surface area contributed by atoms with E-state index in [-0.39, 0.29) is 27.3 Å². The summed E-state index contributed by atoms with van der Waals surface area (Å²) in [6, 6.07) is 2.26. The van der Waals surface area contributed by atoms with E-state index >= 15 is 0 Å². The molecular weight excluding hydrogens is 339 g/mol. The van der Waals surface area contributed by atoms with Gasteiger partial charge in [0.25, 0.3) is 0 Å². The second-order valence-corrected chi connectivity index (χ2v) is 5.99. The molecule has 1 aromatic carbocycles. The standard InChI is InChI=1S/C13H15Cl3N2O3/c1-3-13(2,11(19)20)6-17-12(21)18-10-5-8(15)7(14)4-9(10)16/h4-5H,3,6H2,1-2H3,(H,19,20)(H2,17,18,21). The van der Waals surface area contributed by atoms with E-state index in [1.807, 2.05) is 0 Å². The minimum atomic E-state index is -1.03. The van der Waals surface area contributed by atoms with Crippen LogP contribution in [0.25, 0.3) is 0 Å². The Labute approximate surface area is 137 Å². The van der Waals surface area contributed by atoms with Gasteiger partial charge in [-0.15, -0.1) is 0 Å². The number of carbonyl (C=O) groups excluding carboxylic acids is 1. The van der Waals surface area contributed by atoms with Gasteiger partial charge >= 0.3 is 12.0 Å². The van der Waals surface area contributed by atoms with Crippen LogP contribution in [0.1, 0.15) is 20.3 Å². The first-order valence-corrected chi connectivity index (χ1v) is 7.26. The van der Waals surface area contributed by atoms with Crippen molar-refractivity contribution < 1.29 is 14.7 Å². The molecule has 2 amide bonds. The van der Waals surface area contributed by atoms with Crippen LogP contribution in [-0.4, -0.2) is 23.7 Å². The predicted molar refractivity (Wildman–Crippen MR) is 84.5 cm³/mol. The molecule has 0 radical (unpaired) electrons. The molecule has 21 heavy (non-hydrogen) atoms. The number of hydrogen-bond donors (Lipinski definition) is 3. The summed E-state index contributed by atoms with van der Waals surface area (Å²) in [6.07, 6.45) is 0.385. The summed E-state index contributed by atoms with van der Waals surface area (Å²) in [5, 5.41) is 14.9. The molecule has 0 saturated carbocycles. The number of rotatable bonds is 5. The maximum Gasteiger partial charge on any atom is 0.319 e. The lowest BCUT2D eigenvalue weighted by Crippen LogP contribution is -2.42. The van der Waals surface area contributed by atoms with Crippen molar-refractivity contribution in [2.75, 3.05) is 11.9 Å². The first-order valence-electron chi connectivity index (χ1n) is 6.12. The zero-order valence-corrected chi connectivity index (χ0v) is 13.7. The summed E-state index contributed by atoms with van der Waals surface area (Å²) in [5.74, 6) is -0.974. The van der Waals surface area contributed by atoms with Crippen molar-refractivity contribution in [2.45, 2.75) is 20.3 Å². The van der Waals surface area contributed by atoms with Gasteiger partial charge < -0.3 is 15.7 Å². The summed E-state index contributed by atoms with van der Waals surface area (Å²) in [4.78, 5) is 22.9. The molecule has 3 N–H and O–H groups in total. The van der Waals surface area contributed by atoms with Crippen molar-refractivity contribution in [1.29, 1.82) is 0 Å². The average Bonchev–Trinajstić information content (AvgIpc) is 2.42. The van der Waals surface area contributed by atoms with Crippen LogP contribution < -0.4 is 10.6 Å². The highest BCUT2D eigenvalue weighted by molar-refractivity contribution is 6.44. The van der Waals surface area contributed by atoms with Crippen LogP contribution in [0.4, 0.5) is 10.5 Å². The molecule has 8 heteroatoms. The van der Waals surface area contributed by atoms with E-state index in [0.717, 1.165) is 0 Å². The Hall–Kier alpha value is -1.17. The number of amides is 2. The van der Waals surface area contributed by atoms with Crippen LogP contribution >= 0.6 is 34.8 Å². The van der Waals surface area contributed by atoms with Crippen LogP contribution in [0.15, 0.2) is 12.1 Å². The largest absolute Gasteiger partial charge is 0.481 e. The Balaban J connectivity index is 2.71. The second kappa shape index (κ2) is 7.20. The quantitative estimate of drug-likeness (QED) is 0.692. The summed E-state index contributed by atoms with van der Waals surface area (Å²) >= 11 is 17.6. The van der Waals surface area contributed by atoms with Crippen LogP contribution in [0.3, 0.4) is 0 Å². The van der Waals surface area contributed by atoms with Gasteiger partial charge in [-0.1, -0.05) is 41.7 Å². The highest BCUT2D eigenvalue weighted by atomic mass is 35.5. The van der Waals surface area contributed by atoms with E-state index in [0.29, 0.717) is 6.42 Å². The molecule has 0 aliphatic rings. The molecular formula is C13H15Cl3N2O3. The number of aliphatic carboxylic acids is 1. The van der Waals surface area contributed by atoms with Gasteiger partial charge in [0.05, 0.1) is 26.2 Å². The fourth-order valence-corrected chi connectivity index (χ4v) is 2.01. The minimum Gasteiger partial charge on any atom is -0.481 e. The van der Waals surface area contributed by atoms with Gasteiger partial charge in [-0.2, -0.15) is 0 Å². The van der Waals surface area contributed by atoms with E-state index in [4.69, 9.17) is 39.9 Å². The molecule has 5 nitrogen and oxygen atoms in total. The molecule has 1 atom stereocenters. The first kappa shape index (κ1) is 17.9. The summed E-state index contributed by atoms with van der Waals surface area (Å²) < 4.78 is 0. The van der Waals surface area contributed by atoms with E-state index in [1.54, 1.807) is 13.8 Å². The fourth-order valence-electron chi connectivity index (χ4n) is 1.41. The molecule has 0 aliphatic heterocycles. The van der Waals surface area contributed by atoms with E-state index in [2.05, 4.69) is 10.6 Å². The van der Waals surface area contributed by atoms with Crippen molar-refractivity contribution in [1.82, 2.24) is 5.32 Å². The molecule has 116 valence electrons. The second-order valence-electron chi connectivity index (χ2n) is 4.77. The fraction of sp³-hybridized carbons (Fsp3) is 0.385. The lowest BCUT2D eigenvalue weighted by molar-refractivity contribution is -0.147. The van der Waals surface area contributed by atoms with Gasteiger partial charge in [0, 0.05) is 6.54 Å². The number of carbonyl (C=O) groups is 2. The predicted octanol–water partition coefficient (Wildman–Crippen LogP) is 4.27. The molecule has 0 saturated heterocycles. The monoisotopic (exact) mass is 352 g/mol. The van der Waals surface area contributed by atoms with Gasteiger partial charge in [0.1, 0.15) is 0 Å². The van der Waals surface area contributed by atoms with Gasteiger partial charge in [-0.3, -0.25) is 4.79 Å². The van der Waals surface area contributed by atoms with Gasteiger partial charge in [-0.05, 0) is 25.5 Å². The number of carboxylic acid groups (broad SMARTS) is 1. The zero-order valence-electron chi connectivity index (χ0n) is 11.5. The number of anilines is 1. The normalized spacial score (nSPS) is 13.4. The molecule has 0 bridgehead atoms. The summed E-state index contributed by atoms with van der Waals surface area (Å²) in [7, 11) is 0. The Bertz CT molecular complexity index is 566. The first-order chi connectivity index (χ1) is 9.69. The molecule has 1 aromatic rings. The summed E-state index contributed by atoms with van der Waals surface area (Å²) in [6.45, 7) is 3.29. The highest BCUT2D eigenvalue weighted by Crippen LogP contribution is 2.32. The van der Waals surface area contributed by atoms with Gasteiger partial charge in [0.2, 0.25) is 0 Å². The number of hydrogen-bond acceptors (Lipinski definition) is 2. The van der Waals surface area contributed by atoms with E-state index in [1.165, 1.54) is 12.1 Å². The molecule has 0 heterocycles. The van der Waals surface area contributed by atoms with Crippen molar-refractivity contribution in [3.05, 3.63) is 27.2 Å². The van der Waals surface area contributed by atoms with Gasteiger partial charge in [-0.25, -0.2) is 4.79 Å². The van der Waals surface area contributed by atoms with Crippen molar-refractivity contribution in [2.24, 2.45) is 5.41 Å². The Morgan fingerprint density at radius 3 is 2.29 bits per heavy atom. The zero-order chi connectivity index (χ0) is 16.2. The van der Waals surface area contributed by atoms with Gasteiger partial charge in [0.15, 0.2) is 0 Å². The molecule has 0 aliphatic carbocycles. The van der Waals surface area contributed by atoms with Crippen LogP contribution in [0.5, 0.6) is 0 Å². The van der Waals surface area contributed by atoms with Crippen LogP contribution in [-0.2, 0) is 4.79 Å². The average molecular weight is 354 g/mol. The minimum absolute atomic E-state index is 0.0103. The molecule has 1 unspecified atom stereocenters. The number of halogens is 3. The van der Waals surface area contributed by atoms with Crippen LogP contribution in [0.2, 0.25) is 15.1 Å². The lowest BCUT2D eigenvalue weighted by atomic mass is 9.88. The smallest absolute Gasteiger partial charge is 0.319 e. The molecule has 0 aromatic heterocycles. The van der Waals surface area contributed by atoms with Crippen molar-refractivity contribution in [3.63, 3.8) is 0 Å². The van der Waals surface area contributed by atoms with E-state index in [9.17, 15) is 9.59 Å². The topological polar surface area (TPSA) is 78.4 Å². The SMILES string of the molecule is CCC(C)(CNC(=O)Nc1cc(Cl)c(Cl)cc1Cl)C(=O)O. The Morgan fingerprint density at radius 1 is 1.19 bits per heavy atom. The number of nitrogens with one attached hydrogen (secondary N) is 2. The maximum atomic E-state index is 11.8. The third kappa shape index (κ3) is 4.66. The summed E-state index contributed by atoms with van der Waals surface area (Å²) in [5.41, 5.74) is -0.740. The number of urea groups is 1. The lowest BCUT2D eigenvalue weighted by Gasteiger charge is -2.23. The molecule has 0 spiro atoms.